The van der Waals surface area contributed by atoms with Crippen LogP contribution >= 0.6 is 15.9 Å². The van der Waals surface area contributed by atoms with E-state index in [4.69, 9.17) is 0 Å². The molecule has 1 fully saturated rings. The molecule has 0 radical (unpaired) electrons. The third-order valence-corrected chi connectivity index (χ3v) is 4.42. The highest BCUT2D eigenvalue weighted by Crippen LogP contribution is 2.37. The molecule has 1 aromatic rings. The van der Waals surface area contributed by atoms with E-state index in [1.807, 2.05) is 25.1 Å². The number of halogens is 1. The average Bonchev–Trinajstić information content (AvgIpc) is 2.43. The lowest BCUT2D eigenvalue weighted by atomic mass is 9.74. The molecular weight excluding hydrogens is 304 g/mol. The molecule has 3 nitrogen and oxygen atoms in total. The van der Waals surface area contributed by atoms with Crippen LogP contribution in [0.2, 0.25) is 0 Å². The van der Waals surface area contributed by atoms with Crippen LogP contribution in [0.1, 0.15) is 37.7 Å². The number of hydrogen-bond acceptors (Lipinski definition) is 2. The quantitative estimate of drug-likeness (QED) is 0.889. The maximum absolute atomic E-state index is 12.4. The number of amides is 1. The predicted molar refractivity (Wildman–Crippen MR) is 78.6 cm³/mol. The van der Waals surface area contributed by atoms with E-state index in [1.165, 1.54) is 0 Å². The molecule has 0 bridgehead atoms. The highest BCUT2D eigenvalue weighted by atomic mass is 79.9. The van der Waals surface area contributed by atoms with Crippen LogP contribution in [0.15, 0.2) is 22.7 Å². The summed E-state index contributed by atoms with van der Waals surface area (Å²) in [4.78, 5) is 12.4. The Labute approximate surface area is 122 Å². The highest BCUT2D eigenvalue weighted by molar-refractivity contribution is 9.10. The van der Waals surface area contributed by atoms with Crippen LogP contribution in [0.3, 0.4) is 0 Å². The zero-order valence-corrected chi connectivity index (χ0v) is 12.6. The number of carbonyl (C=O) groups is 1. The molecule has 0 heterocycles. The molecule has 0 unspecified atom stereocenters. The topological polar surface area (TPSA) is 52.9 Å². The Morgan fingerprint density at radius 2 is 2.05 bits per heavy atom. The van der Waals surface area contributed by atoms with Crippen LogP contribution in [0, 0.1) is 23.7 Å². The van der Waals surface area contributed by atoms with E-state index < -0.39 is 5.41 Å². The number of nitrogens with one attached hydrogen (secondary N) is 1. The first-order valence-corrected chi connectivity index (χ1v) is 7.35. The number of nitrogens with zero attached hydrogens (tertiary/aromatic N) is 1. The molecule has 1 saturated carbocycles. The number of benzene rings is 1. The van der Waals surface area contributed by atoms with Crippen LogP contribution in [0.25, 0.3) is 0 Å². The molecule has 0 aliphatic heterocycles. The summed E-state index contributed by atoms with van der Waals surface area (Å²) in [5, 5.41) is 12.3. The molecule has 0 aromatic heterocycles. The molecule has 19 heavy (non-hydrogen) atoms. The lowest BCUT2D eigenvalue weighted by molar-refractivity contribution is -0.124. The second-order valence-electron chi connectivity index (χ2n) is 5.19. The molecular formula is C15H17BrN2O. The summed E-state index contributed by atoms with van der Waals surface area (Å²) in [6.07, 6.45) is 4.36. The summed E-state index contributed by atoms with van der Waals surface area (Å²) in [6.45, 7) is 1.97. The van der Waals surface area contributed by atoms with Gasteiger partial charge in [0.15, 0.2) is 0 Å². The van der Waals surface area contributed by atoms with E-state index in [1.54, 1.807) is 0 Å². The fourth-order valence-electron chi connectivity index (χ4n) is 2.52. The maximum Gasteiger partial charge on any atom is 0.244 e. The van der Waals surface area contributed by atoms with Gasteiger partial charge in [-0.3, -0.25) is 4.79 Å². The van der Waals surface area contributed by atoms with Crippen molar-refractivity contribution in [3.05, 3.63) is 28.2 Å². The molecule has 2 rings (SSSR count). The number of nitriles is 1. The third kappa shape index (κ3) is 2.98. The van der Waals surface area contributed by atoms with E-state index in [9.17, 15) is 10.1 Å². The van der Waals surface area contributed by atoms with Crippen LogP contribution in [0.4, 0.5) is 5.69 Å². The molecule has 0 atom stereocenters. The highest BCUT2D eigenvalue weighted by Gasteiger charge is 2.39. The van der Waals surface area contributed by atoms with Crippen molar-refractivity contribution in [1.82, 2.24) is 0 Å². The maximum atomic E-state index is 12.4. The number of rotatable bonds is 2. The molecule has 100 valence electrons. The van der Waals surface area contributed by atoms with Gasteiger partial charge in [-0.25, -0.2) is 0 Å². The minimum atomic E-state index is -0.846. The number of carbonyl (C=O) groups excluding carboxylic acids is 1. The Kier molecular flexibility index (Phi) is 4.26. The fraction of sp³-hybridized carbons (Fsp3) is 0.467. The Bertz CT molecular complexity index is 527. The largest absolute Gasteiger partial charge is 0.324 e. The van der Waals surface area contributed by atoms with Gasteiger partial charge in [0.05, 0.1) is 11.8 Å². The van der Waals surface area contributed by atoms with Crippen molar-refractivity contribution in [3.63, 3.8) is 0 Å². The van der Waals surface area contributed by atoms with E-state index in [0.29, 0.717) is 12.8 Å². The van der Waals surface area contributed by atoms with E-state index in [-0.39, 0.29) is 5.91 Å². The summed E-state index contributed by atoms with van der Waals surface area (Å²) in [6, 6.07) is 8.04. The fourth-order valence-corrected chi connectivity index (χ4v) is 2.87. The second kappa shape index (κ2) is 5.75. The lowest BCUT2D eigenvalue weighted by Gasteiger charge is -2.29. The Hall–Kier alpha value is -1.34. The molecule has 0 spiro atoms. The minimum absolute atomic E-state index is 0.166. The summed E-state index contributed by atoms with van der Waals surface area (Å²) in [7, 11) is 0. The summed E-state index contributed by atoms with van der Waals surface area (Å²) < 4.78 is 0.843. The molecule has 1 amide bonds. The number of hydrogen-bond donors (Lipinski definition) is 1. The molecule has 1 aromatic carbocycles. The third-order valence-electron chi connectivity index (χ3n) is 3.73. The molecule has 4 heteroatoms. The monoisotopic (exact) mass is 320 g/mol. The standard InChI is InChI=1S/C15H17BrN2O/c1-11-5-6-12(16)13(9-11)18-14(19)15(10-17)7-3-2-4-8-15/h5-6,9H,2-4,7-8H2,1H3,(H,18,19). The summed E-state index contributed by atoms with van der Waals surface area (Å²) in [5.41, 5.74) is 0.972. The van der Waals surface area contributed by atoms with E-state index >= 15 is 0 Å². The Morgan fingerprint density at radius 3 is 2.68 bits per heavy atom. The van der Waals surface area contributed by atoms with Crippen molar-refractivity contribution in [2.24, 2.45) is 5.41 Å². The molecule has 0 saturated heterocycles. The van der Waals surface area contributed by atoms with Crippen LogP contribution < -0.4 is 5.32 Å². The van der Waals surface area contributed by atoms with Gasteiger partial charge in [0.25, 0.3) is 0 Å². The molecule has 1 aliphatic rings. The molecule has 1 N–H and O–H groups in total. The van der Waals surface area contributed by atoms with Crippen molar-refractivity contribution in [2.45, 2.75) is 39.0 Å². The predicted octanol–water partition coefficient (Wildman–Crippen LogP) is 4.17. The first kappa shape index (κ1) is 14.1. The van der Waals surface area contributed by atoms with Gasteiger partial charge in [-0.1, -0.05) is 25.3 Å². The van der Waals surface area contributed by atoms with E-state index in [2.05, 4.69) is 27.3 Å². The van der Waals surface area contributed by atoms with Crippen molar-refractivity contribution in [2.75, 3.05) is 5.32 Å². The van der Waals surface area contributed by atoms with Gasteiger partial charge >= 0.3 is 0 Å². The summed E-state index contributed by atoms with van der Waals surface area (Å²) >= 11 is 3.42. The van der Waals surface area contributed by atoms with Crippen molar-refractivity contribution < 1.29 is 4.79 Å². The number of aryl methyl sites for hydroxylation is 1. The van der Waals surface area contributed by atoms with Crippen molar-refractivity contribution in [1.29, 1.82) is 5.26 Å². The van der Waals surface area contributed by atoms with Gasteiger partial charge in [-0.05, 0) is 53.4 Å². The van der Waals surface area contributed by atoms with Crippen LogP contribution in [0.5, 0.6) is 0 Å². The zero-order chi connectivity index (χ0) is 13.9. The first-order valence-electron chi connectivity index (χ1n) is 6.56. The van der Waals surface area contributed by atoms with Gasteiger partial charge in [0, 0.05) is 4.47 Å². The first-order chi connectivity index (χ1) is 9.07. The SMILES string of the molecule is Cc1ccc(Br)c(NC(=O)C2(C#N)CCCCC2)c1. The van der Waals surface area contributed by atoms with Gasteiger partial charge in [-0.2, -0.15) is 5.26 Å². The van der Waals surface area contributed by atoms with Crippen molar-refractivity contribution >= 4 is 27.5 Å². The van der Waals surface area contributed by atoms with Crippen LogP contribution in [-0.2, 0) is 4.79 Å². The normalized spacial score (nSPS) is 17.5. The van der Waals surface area contributed by atoms with Gasteiger partial charge < -0.3 is 5.32 Å². The zero-order valence-electron chi connectivity index (χ0n) is 11.0. The van der Waals surface area contributed by atoms with Gasteiger partial charge in [-0.15, -0.1) is 0 Å². The summed E-state index contributed by atoms with van der Waals surface area (Å²) in [5.74, 6) is -0.166. The Balaban J connectivity index is 2.20. The second-order valence-corrected chi connectivity index (χ2v) is 6.05. The van der Waals surface area contributed by atoms with Gasteiger partial charge in [0.1, 0.15) is 5.41 Å². The van der Waals surface area contributed by atoms with Gasteiger partial charge in [0.2, 0.25) is 5.91 Å². The Morgan fingerprint density at radius 1 is 1.37 bits per heavy atom. The average molecular weight is 321 g/mol. The minimum Gasteiger partial charge on any atom is -0.324 e. The lowest BCUT2D eigenvalue weighted by Crippen LogP contribution is -2.36. The number of anilines is 1. The smallest absolute Gasteiger partial charge is 0.244 e. The van der Waals surface area contributed by atoms with Crippen molar-refractivity contribution in [3.8, 4) is 6.07 Å². The van der Waals surface area contributed by atoms with E-state index in [0.717, 1.165) is 35.0 Å². The van der Waals surface area contributed by atoms with Crippen LogP contribution in [-0.4, -0.2) is 5.91 Å². The molecule has 1 aliphatic carbocycles.